The highest BCUT2D eigenvalue weighted by Crippen LogP contribution is 2.66. The Hall–Kier alpha value is -5.86. The molecule has 4 amide bonds. The molecule has 4 aromatic rings. The van der Waals surface area contributed by atoms with Crippen molar-refractivity contribution in [1.82, 2.24) is 9.99 Å². The van der Waals surface area contributed by atoms with Gasteiger partial charge in [-0.2, -0.15) is 18.2 Å². The maximum absolute atomic E-state index is 15.5. The van der Waals surface area contributed by atoms with E-state index in [9.17, 15) is 27.9 Å². The summed E-state index contributed by atoms with van der Waals surface area (Å²) in [5, 5.41) is 11.3. The molecule has 2 aliphatic heterocycles. The number of aromatic nitrogens is 1. The predicted octanol–water partition coefficient (Wildman–Crippen LogP) is 7.96. The first kappa shape index (κ1) is 39.0. The Kier molecular flexibility index (Phi) is 9.55. The number of hydrogen-bond donors (Lipinski definition) is 2. The van der Waals surface area contributed by atoms with Gasteiger partial charge in [0.2, 0.25) is 11.8 Å². The fraction of sp³-hybridized carbons (Fsp3) is 0.262. The molecule has 2 N–H and O–H groups in total. The molecule has 6 atom stereocenters. The Balaban J connectivity index is 1.35. The summed E-state index contributed by atoms with van der Waals surface area (Å²) in [5.41, 5.74) is 1.88. The maximum Gasteiger partial charge on any atom is 0.417 e. The van der Waals surface area contributed by atoms with Crippen LogP contribution in [0.1, 0.15) is 41.0 Å². The second-order valence-corrected chi connectivity index (χ2v) is 15.3. The molecule has 0 radical (unpaired) electrons. The number of nitrogens with one attached hydrogen (secondary N) is 1. The molecule has 8 rings (SSSR count). The summed E-state index contributed by atoms with van der Waals surface area (Å²) in [4.78, 5) is 64.3. The number of ether oxygens (including phenoxy) is 2. The average molecular weight is 834 g/mol. The molecule has 2 saturated heterocycles. The van der Waals surface area contributed by atoms with Gasteiger partial charge >= 0.3 is 6.18 Å². The Morgan fingerprint density at radius 2 is 1.59 bits per heavy atom. The number of aromatic hydroxyl groups is 1. The maximum atomic E-state index is 15.5. The van der Waals surface area contributed by atoms with Crippen LogP contribution in [0.3, 0.4) is 0 Å². The number of anilines is 2. The number of benzene rings is 3. The Labute approximate surface area is 339 Å². The highest BCUT2D eigenvalue weighted by Gasteiger charge is 2.71. The van der Waals surface area contributed by atoms with Crippen molar-refractivity contribution in [3.63, 3.8) is 0 Å². The van der Waals surface area contributed by atoms with E-state index in [-0.39, 0.29) is 35.7 Å². The van der Waals surface area contributed by atoms with Gasteiger partial charge in [-0.15, -0.1) is 0 Å². The quantitative estimate of drug-likeness (QED) is 0.134. The number of rotatable bonds is 8. The van der Waals surface area contributed by atoms with Crippen molar-refractivity contribution in [1.29, 1.82) is 0 Å². The number of allylic oxidation sites excluding steroid dienone is 2. The first-order chi connectivity index (χ1) is 27.6. The summed E-state index contributed by atoms with van der Waals surface area (Å²) >= 11 is 12.7. The van der Waals surface area contributed by atoms with Crippen LogP contribution in [0.25, 0.3) is 6.08 Å². The lowest BCUT2D eigenvalue weighted by atomic mass is 9.49. The topological polar surface area (TPSA) is 138 Å². The second kappa shape index (κ2) is 14.2. The summed E-state index contributed by atoms with van der Waals surface area (Å²) in [6.07, 6.45) is -0.786. The van der Waals surface area contributed by atoms with E-state index in [2.05, 4.69) is 17.0 Å². The summed E-state index contributed by atoms with van der Waals surface area (Å²) < 4.78 is 52.3. The van der Waals surface area contributed by atoms with Crippen LogP contribution in [0, 0.1) is 23.7 Å². The number of halogens is 5. The van der Waals surface area contributed by atoms with Crippen molar-refractivity contribution in [2.75, 3.05) is 24.5 Å². The number of hydrogen-bond acceptors (Lipinski definition) is 9. The summed E-state index contributed by atoms with van der Waals surface area (Å²) in [6, 6.07) is 16.4. The lowest BCUT2D eigenvalue weighted by Gasteiger charge is -2.51. The van der Waals surface area contributed by atoms with Gasteiger partial charge in [0.25, 0.3) is 11.8 Å². The number of imide groups is 2. The molecule has 3 heterocycles. The van der Waals surface area contributed by atoms with Crippen LogP contribution in [0.5, 0.6) is 17.2 Å². The average Bonchev–Trinajstić information content (AvgIpc) is 3.58. The van der Waals surface area contributed by atoms with Crippen molar-refractivity contribution >= 4 is 64.4 Å². The molecule has 0 bridgehead atoms. The van der Waals surface area contributed by atoms with E-state index in [1.54, 1.807) is 54.6 Å². The summed E-state index contributed by atoms with van der Waals surface area (Å²) in [6.45, 7) is 3.77. The Morgan fingerprint density at radius 3 is 2.17 bits per heavy atom. The molecule has 298 valence electrons. The van der Waals surface area contributed by atoms with Gasteiger partial charge in [0, 0.05) is 34.8 Å². The molecule has 1 aromatic heterocycles. The van der Waals surface area contributed by atoms with E-state index < -0.39 is 81.2 Å². The van der Waals surface area contributed by atoms with Crippen molar-refractivity contribution in [3.8, 4) is 17.2 Å². The molecule has 11 nitrogen and oxygen atoms in total. The van der Waals surface area contributed by atoms with Crippen molar-refractivity contribution in [2.24, 2.45) is 23.7 Å². The number of fused-ring (bicyclic) bond motifs is 4. The van der Waals surface area contributed by atoms with Crippen LogP contribution in [-0.4, -0.2) is 52.9 Å². The van der Waals surface area contributed by atoms with Crippen LogP contribution < -0.4 is 19.8 Å². The molecule has 3 fully saturated rings. The second-order valence-electron chi connectivity index (χ2n) is 14.5. The Bertz CT molecular complexity index is 2420. The molecular formula is C42H33Cl2F3N4O7. The van der Waals surface area contributed by atoms with Gasteiger partial charge in [0.05, 0.1) is 53.7 Å². The normalized spacial score (nSPS) is 25.2. The largest absolute Gasteiger partial charge is 0.508 e. The van der Waals surface area contributed by atoms with Crippen molar-refractivity contribution in [2.45, 2.75) is 30.4 Å². The number of phenols is 1. The van der Waals surface area contributed by atoms with Crippen LogP contribution in [-0.2, 0) is 30.8 Å². The van der Waals surface area contributed by atoms with Crippen LogP contribution in [0.4, 0.5) is 24.7 Å². The fourth-order valence-electron chi connectivity index (χ4n) is 9.32. The van der Waals surface area contributed by atoms with E-state index in [0.717, 1.165) is 10.5 Å². The van der Waals surface area contributed by atoms with E-state index in [1.165, 1.54) is 26.4 Å². The minimum atomic E-state index is -4.77. The molecular weight excluding hydrogens is 800 g/mol. The van der Waals surface area contributed by atoms with Gasteiger partial charge in [0.1, 0.15) is 17.2 Å². The fourth-order valence-corrected chi connectivity index (χ4v) is 9.65. The number of alkyl halides is 3. The lowest BCUT2D eigenvalue weighted by molar-refractivity contribution is -0.139. The van der Waals surface area contributed by atoms with E-state index in [0.29, 0.717) is 39.1 Å². The standard InChI is InChI=1S/C42H33Cl2F3N4O7/c1-4-20-5-11-24(12-6-20)50-37(53)27-14-13-26-28(33(27)39(50)55)18-29-38(54)51(49-36-30(44)15-22(19-48-36)42(45,46)47)40(56)41(29,21-7-9-23(43)10-8-21)35(26)34-31(57-2)16-25(52)17-32(34)58-3/h4-13,15-17,19,27-29,33,35,52H,1,14,18H2,2-3H3,(H,48,49)/t27-,28+,29-,33-,35+,41+/m0/s1. The zero-order valence-corrected chi connectivity index (χ0v) is 32.2. The van der Waals surface area contributed by atoms with E-state index in [1.807, 2.05) is 6.08 Å². The number of hydrazine groups is 1. The van der Waals surface area contributed by atoms with Crippen LogP contribution in [0.2, 0.25) is 10.0 Å². The van der Waals surface area contributed by atoms with Gasteiger partial charge in [-0.25, -0.2) is 4.98 Å². The minimum Gasteiger partial charge on any atom is -0.508 e. The SMILES string of the molecule is C=Cc1ccc(N2C(=O)[C@H]3[C@H](CC=C4[C@H]3C[C@H]3C(=O)N(Nc5ncc(C(F)(F)F)cc5Cl)C(=O)[C@@]3(c3ccc(Cl)cc3)[C@H]4c3c(OC)cc(O)cc3OC)C2=O)cc1. The Morgan fingerprint density at radius 1 is 0.931 bits per heavy atom. The first-order valence-corrected chi connectivity index (χ1v) is 18.8. The third kappa shape index (κ3) is 5.83. The number of amides is 4. The molecule has 58 heavy (non-hydrogen) atoms. The number of phenolic OH excluding ortho intramolecular Hbond substituents is 1. The highest BCUT2D eigenvalue weighted by atomic mass is 35.5. The van der Waals surface area contributed by atoms with Crippen LogP contribution >= 0.6 is 23.2 Å². The zero-order valence-electron chi connectivity index (χ0n) is 30.7. The van der Waals surface area contributed by atoms with Gasteiger partial charge < -0.3 is 14.6 Å². The molecule has 3 aromatic carbocycles. The van der Waals surface area contributed by atoms with Gasteiger partial charge in [-0.05, 0) is 60.2 Å². The number of nitrogens with zero attached hydrogens (tertiary/aromatic N) is 3. The van der Waals surface area contributed by atoms with Crippen molar-refractivity contribution < 1.29 is 46.9 Å². The molecule has 0 unspecified atom stereocenters. The molecule has 1 saturated carbocycles. The molecule has 4 aliphatic rings. The number of pyridine rings is 1. The van der Waals surface area contributed by atoms with Crippen molar-refractivity contribution in [3.05, 3.63) is 123 Å². The third-order valence-corrected chi connectivity index (χ3v) is 12.3. The van der Waals surface area contributed by atoms with E-state index >= 15 is 9.59 Å². The molecule has 2 aliphatic carbocycles. The lowest BCUT2D eigenvalue weighted by Crippen LogP contribution is -2.53. The molecule has 16 heteroatoms. The zero-order chi connectivity index (χ0) is 41.4. The summed E-state index contributed by atoms with van der Waals surface area (Å²) in [7, 11) is 2.72. The number of methoxy groups -OCH3 is 2. The number of carbonyl (C=O) groups excluding carboxylic acids is 4. The minimum absolute atomic E-state index is 0.0921. The van der Waals surface area contributed by atoms with Crippen LogP contribution in [0.15, 0.2) is 91.2 Å². The summed E-state index contributed by atoms with van der Waals surface area (Å²) in [5.74, 6) is -7.95. The first-order valence-electron chi connectivity index (χ1n) is 18.0. The smallest absolute Gasteiger partial charge is 0.417 e. The highest BCUT2D eigenvalue weighted by molar-refractivity contribution is 6.33. The monoisotopic (exact) mass is 832 g/mol. The van der Waals surface area contributed by atoms with Gasteiger partial charge in [-0.3, -0.25) is 29.5 Å². The number of carbonyl (C=O) groups is 4. The molecule has 0 spiro atoms. The van der Waals surface area contributed by atoms with E-state index in [4.69, 9.17) is 32.7 Å². The third-order valence-electron chi connectivity index (χ3n) is 11.8. The van der Waals surface area contributed by atoms with Gasteiger partial charge in [-0.1, -0.05) is 71.8 Å². The van der Waals surface area contributed by atoms with Gasteiger partial charge in [0.15, 0.2) is 5.82 Å². The predicted molar refractivity (Wildman–Crippen MR) is 207 cm³/mol.